The predicted octanol–water partition coefficient (Wildman–Crippen LogP) is 2.43. The fourth-order valence-electron chi connectivity index (χ4n) is 1.19. The first-order chi connectivity index (χ1) is 4.93. The summed E-state index contributed by atoms with van der Waals surface area (Å²) in [6.45, 7) is 1.63. The van der Waals surface area contributed by atoms with Crippen molar-refractivity contribution in [3.8, 4) is 0 Å². The van der Waals surface area contributed by atoms with Gasteiger partial charge in [0.15, 0.2) is 0 Å². The van der Waals surface area contributed by atoms with Gasteiger partial charge in [0, 0.05) is 12.5 Å². The average molecular weight is 163 g/mol. The van der Waals surface area contributed by atoms with E-state index in [-0.39, 0.29) is 0 Å². The molecule has 0 unspecified atom stereocenters. The quantitative estimate of drug-likeness (QED) is 0.446. The van der Waals surface area contributed by atoms with Crippen LogP contribution >= 0.6 is 11.6 Å². The molecule has 10 heavy (non-hydrogen) atoms. The molecule has 1 rings (SSSR count). The number of hydrogen-bond donors (Lipinski definition) is 0. The summed E-state index contributed by atoms with van der Waals surface area (Å²) in [6, 6.07) is 0. The number of rotatable bonds is 5. The smallest absolute Gasteiger partial charge is 0.0601 e. The number of ether oxygens (including phenoxy) is 1. The monoisotopic (exact) mass is 162 g/mol. The Morgan fingerprint density at radius 3 is 2.60 bits per heavy atom. The highest BCUT2D eigenvalue weighted by Gasteiger charge is 2.16. The first-order valence-corrected chi connectivity index (χ1v) is 4.60. The summed E-state index contributed by atoms with van der Waals surface area (Å²) < 4.78 is 5.26. The SMILES string of the molecule is ClCCOCCC1CCC1. The maximum Gasteiger partial charge on any atom is 0.0601 e. The lowest BCUT2D eigenvalue weighted by atomic mass is 9.83. The molecule has 1 fully saturated rings. The summed E-state index contributed by atoms with van der Waals surface area (Å²) >= 11 is 5.44. The van der Waals surface area contributed by atoms with Crippen molar-refractivity contribution in [2.45, 2.75) is 25.7 Å². The van der Waals surface area contributed by atoms with Gasteiger partial charge < -0.3 is 4.74 Å². The van der Waals surface area contributed by atoms with Crippen LogP contribution in [0.15, 0.2) is 0 Å². The van der Waals surface area contributed by atoms with Crippen molar-refractivity contribution in [3.05, 3.63) is 0 Å². The fraction of sp³-hybridized carbons (Fsp3) is 1.00. The number of hydrogen-bond acceptors (Lipinski definition) is 1. The molecule has 0 aromatic carbocycles. The molecule has 0 saturated heterocycles. The Kier molecular flexibility index (Phi) is 4.15. The van der Waals surface area contributed by atoms with Crippen molar-refractivity contribution in [2.24, 2.45) is 5.92 Å². The summed E-state index contributed by atoms with van der Waals surface area (Å²) in [5, 5.41) is 0. The zero-order valence-electron chi connectivity index (χ0n) is 6.31. The van der Waals surface area contributed by atoms with Crippen molar-refractivity contribution in [1.82, 2.24) is 0 Å². The molecular weight excluding hydrogens is 148 g/mol. The molecule has 0 N–H and O–H groups in total. The van der Waals surface area contributed by atoms with E-state index in [1.807, 2.05) is 0 Å². The molecule has 1 aliphatic carbocycles. The maximum absolute atomic E-state index is 5.44. The third-order valence-corrected chi connectivity index (χ3v) is 2.27. The molecule has 60 valence electrons. The highest BCUT2D eigenvalue weighted by Crippen LogP contribution is 2.28. The minimum absolute atomic E-state index is 0.630. The lowest BCUT2D eigenvalue weighted by molar-refractivity contribution is 0.118. The molecule has 1 aliphatic rings. The van der Waals surface area contributed by atoms with E-state index in [9.17, 15) is 0 Å². The minimum atomic E-state index is 0.630. The maximum atomic E-state index is 5.44. The van der Waals surface area contributed by atoms with E-state index in [1.165, 1.54) is 25.7 Å². The van der Waals surface area contributed by atoms with Gasteiger partial charge in [0.1, 0.15) is 0 Å². The van der Waals surface area contributed by atoms with Crippen LogP contribution in [0.3, 0.4) is 0 Å². The summed E-state index contributed by atoms with van der Waals surface area (Å²) in [5.41, 5.74) is 0. The Morgan fingerprint density at radius 2 is 2.10 bits per heavy atom. The predicted molar refractivity (Wildman–Crippen MR) is 43.5 cm³/mol. The van der Waals surface area contributed by atoms with Crippen LogP contribution in [0.25, 0.3) is 0 Å². The molecule has 1 nitrogen and oxygen atoms in total. The summed E-state index contributed by atoms with van der Waals surface area (Å²) in [4.78, 5) is 0. The van der Waals surface area contributed by atoms with Crippen molar-refractivity contribution >= 4 is 11.6 Å². The Bertz CT molecular complexity index is 81.3. The highest BCUT2D eigenvalue weighted by molar-refractivity contribution is 6.17. The van der Waals surface area contributed by atoms with Crippen molar-refractivity contribution in [1.29, 1.82) is 0 Å². The van der Waals surface area contributed by atoms with Crippen LogP contribution in [0.1, 0.15) is 25.7 Å². The Morgan fingerprint density at radius 1 is 1.30 bits per heavy atom. The van der Waals surface area contributed by atoms with Crippen molar-refractivity contribution < 1.29 is 4.74 Å². The highest BCUT2D eigenvalue weighted by atomic mass is 35.5. The van der Waals surface area contributed by atoms with Crippen LogP contribution in [0.2, 0.25) is 0 Å². The van der Waals surface area contributed by atoms with Gasteiger partial charge in [-0.3, -0.25) is 0 Å². The van der Waals surface area contributed by atoms with E-state index >= 15 is 0 Å². The zero-order chi connectivity index (χ0) is 7.23. The van der Waals surface area contributed by atoms with Crippen LogP contribution in [-0.4, -0.2) is 19.1 Å². The number of alkyl halides is 1. The van der Waals surface area contributed by atoms with Crippen molar-refractivity contribution in [3.63, 3.8) is 0 Å². The lowest BCUT2D eigenvalue weighted by Crippen LogP contribution is -2.13. The van der Waals surface area contributed by atoms with Gasteiger partial charge in [0.2, 0.25) is 0 Å². The molecule has 0 radical (unpaired) electrons. The molecule has 1 saturated carbocycles. The average Bonchev–Trinajstić information content (AvgIpc) is 1.84. The molecule has 0 aliphatic heterocycles. The summed E-state index contributed by atoms with van der Waals surface area (Å²) in [6.07, 6.45) is 5.52. The second kappa shape index (κ2) is 4.97. The molecule has 0 aromatic rings. The second-order valence-electron chi connectivity index (χ2n) is 2.89. The number of halogens is 1. The molecule has 0 spiro atoms. The Labute approximate surface area is 67.7 Å². The van der Waals surface area contributed by atoms with Gasteiger partial charge in [0.25, 0.3) is 0 Å². The van der Waals surface area contributed by atoms with Crippen LogP contribution < -0.4 is 0 Å². The minimum Gasteiger partial charge on any atom is -0.380 e. The van der Waals surface area contributed by atoms with Crippen LogP contribution in [-0.2, 0) is 4.74 Å². The van der Waals surface area contributed by atoms with E-state index < -0.39 is 0 Å². The normalized spacial score (nSPS) is 18.9. The van der Waals surface area contributed by atoms with Crippen molar-refractivity contribution in [2.75, 3.05) is 19.1 Å². The first kappa shape index (κ1) is 8.35. The topological polar surface area (TPSA) is 9.23 Å². The van der Waals surface area contributed by atoms with E-state index in [0.29, 0.717) is 12.5 Å². The third kappa shape index (κ3) is 2.89. The molecular formula is C8H15ClO. The summed E-state index contributed by atoms with van der Waals surface area (Å²) in [7, 11) is 0. The van der Waals surface area contributed by atoms with Crippen LogP contribution in [0, 0.1) is 5.92 Å². The largest absolute Gasteiger partial charge is 0.380 e. The van der Waals surface area contributed by atoms with E-state index in [4.69, 9.17) is 16.3 Å². The summed E-state index contributed by atoms with van der Waals surface area (Å²) in [5.74, 6) is 1.60. The molecule has 2 heteroatoms. The molecule has 0 atom stereocenters. The third-order valence-electron chi connectivity index (χ3n) is 2.12. The van der Waals surface area contributed by atoms with Gasteiger partial charge in [-0.1, -0.05) is 19.3 Å². The molecule has 0 heterocycles. The van der Waals surface area contributed by atoms with Gasteiger partial charge in [-0.05, 0) is 12.3 Å². The molecule has 0 bridgehead atoms. The van der Waals surface area contributed by atoms with E-state index in [2.05, 4.69) is 0 Å². The molecule has 0 amide bonds. The van der Waals surface area contributed by atoms with E-state index in [0.717, 1.165) is 12.5 Å². The van der Waals surface area contributed by atoms with Gasteiger partial charge in [-0.2, -0.15) is 0 Å². The standard InChI is InChI=1S/C8H15ClO/c9-5-7-10-6-4-8-2-1-3-8/h8H,1-7H2. The zero-order valence-corrected chi connectivity index (χ0v) is 7.07. The first-order valence-electron chi connectivity index (χ1n) is 4.07. The fourth-order valence-corrected chi connectivity index (χ4v) is 1.30. The van der Waals surface area contributed by atoms with Crippen LogP contribution in [0.4, 0.5) is 0 Å². The molecule has 0 aromatic heterocycles. The van der Waals surface area contributed by atoms with Gasteiger partial charge in [-0.25, -0.2) is 0 Å². The Balaban J connectivity index is 1.76. The Hall–Kier alpha value is 0.250. The lowest BCUT2D eigenvalue weighted by Gasteiger charge is -2.24. The van der Waals surface area contributed by atoms with Gasteiger partial charge >= 0.3 is 0 Å². The van der Waals surface area contributed by atoms with Gasteiger partial charge in [0.05, 0.1) is 6.61 Å². The van der Waals surface area contributed by atoms with Gasteiger partial charge in [-0.15, -0.1) is 11.6 Å². The second-order valence-corrected chi connectivity index (χ2v) is 3.26. The van der Waals surface area contributed by atoms with Crippen LogP contribution in [0.5, 0.6) is 0 Å². The van der Waals surface area contributed by atoms with E-state index in [1.54, 1.807) is 0 Å².